The second-order valence-corrected chi connectivity index (χ2v) is 12.2. The van der Waals surface area contributed by atoms with Gasteiger partial charge in [0, 0.05) is 12.1 Å². The van der Waals surface area contributed by atoms with E-state index in [1.165, 1.54) is 102 Å². The third-order valence-corrected chi connectivity index (χ3v) is 9.47. The van der Waals surface area contributed by atoms with E-state index in [1.54, 1.807) is 12.1 Å². The highest BCUT2D eigenvalue weighted by Gasteiger charge is 2.36. The Morgan fingerprint density at radius 3 is 1.80 bits per heavy atom. The lowest BCUT2D eigenvalue weighted by Crippen LogP contribution is -2.25. The molecule has 2 aromatic carbocycles. The Kier molecular flexibility index (Phi) is 11.3. The van der Waals surface area contributed by atoms with Crippen LogP contribution in [-0.2, 0) is 6.11 Å². The van der Waals surface area contributed by atoms with Crippen molar-refractivity contribution in [2.24, 2.45) is 17.8 Å². The van der Waals surface area contributed by atoms with Crippen molar-refractivity contribution in [2.45, 2.75) is 122 Å². The molecule has 2 saturated carbocycles. The molecule has 222 valence electrons. The summed E-state index contributed by atoms with van der Waals surface area (Å²) in [5.74, 6) is -2.74. The lowest BCUT2D eigenvalue weighted by atomic mass is 9.68. The number of hydrogen-bond donors (Lipinski definition) is 0. The number of benzene rings is 2. The highest BCUT2D eigenvalue weighted by molar-refractivity contribution is 5.30. The average molecular weight is 565 g/mol. The second kappa shape index (κ2) is 14.7. The molecule has 0 unspecified atom stereocenters. The zero-order valence-corrected chi connectivity index (χ0v) is 23.9. The van der Waals surface area contributed by atoms with Crippen molar-refractivity contribution in [2.75, 3.05) is 0 Å². The van der Waals surface area contributed by atoms with Crippen molar-refractivity contribution in [1.82, 2.24) is 0 Å². The molecule has 0 aliphatic heterocycles. The summed E-state index contributed by atoms with van der Waals surface area (Å²) in [5.41, 5.74) is 0.624. The van der Waals surface area contributed by atoms with Gasteiger partial charge in [-0.1, -0.05) is 83.3 Å². The molecule has 0 atom stereocenters. The van der Waals surface area contributed by atoms with Crippen LogP contribution in [0.25, 0.3) is 0 Å². The first-order valence-electron chi connectivity index (χ1n) is 15.6. The second-order valence-electron chi connectivity index (χ2n) is 12.2. The Morgan fingerprint density at radius 2 is 1.23 bits per heavy atom. The Balaban J connectivity index is 1.19. The maximum Gasteiger partial charge on any atom is 0.426 e. The van der Waals surface area contributed by atoms with Gasteiger partial charge in [0.1, 0.15) is 5.75 Å². The Hall–Kier alpha value is -2.11. The maximum absolute atomic E-state index is 14.6. The van der Waals surface area contributed by atoms with Crippen molar-refractivity contribution in [3.8, 4) is 5.75 Å². The van der Waals surface area contributed by atoms with Gasteiger partial charge in [-0.25, -0.2) is 13.2 Å². The zero-order chi connectivity index (χ0) is 28.5. The summed E-state index contributed by atoms with van der Waals surface area (Å²) in [7, 11) is 0. The van der Waals surface area contributed by atoms with E-state index in [-0.39, 0.29) is 0 Å². The molecule has 4 rings (SSSR count). The Morgan fingerprint density at radius 1 is 0.700 bits per heavy atom. The van der Waals surface area contributed by atoms with E-state index in [9.17, 15) is 22.0 Å². The summed E-state index contributed by atoms with van der Waals surface area (Å²) in [6.07, 6.45) is 17.3. The van der Waals surface area contributed by atoms with Gasteiger partial charge in [0.15, 0.2) is 17.5 Å². The number of hydrogen-bond acceptors (Lipinski definition) is 1. The molecule has 2 aliphatic rings. The highest BCUT2D eigenvalue weighted by Crippen LogP contribution is 2.45. The van der Waals surface area contributed by atoms with Crippen LogP contribution in [0.2, 0.25) is 0 Å². The fourth-order valence-corrected chi connectivity index (χ4v) is 7.01. The molecule has 1 nitrogen and oxygen atoms in total. The van der Waals surface area contributed by atoms with E-state index in [0.29, 0.717) is 18.1 Å². The quantitative estimate of drug-likeness (QED) is 0.134. The Bertz CT molecular complexity index is 1010. The fourth-order valence-electron chi connectivity index (χ4n) is 7.01. The largest absolute Gasteiger partial charge is 0.429 e. The van der Waals surface area contributed by atoms with Crippen molar-refractivity contribution in [1.29, 1.82) is 0 Å². The minimum atomic E-state index is -3.81. The van der Waals surface area contributed by atoms with Gasteiger partial charge >= 0.3 is 6.11 Å². The minimum Gasteiger partial charge on any atom is -0.429 e. The summed E-state index contributed by atoms with van der Waals surface area (Å²) in [6, 6.07) is 6.87. The van der Waals surface area contributed by atoms with E-state index in [4.69, 9.17) is 0 Å². The van der Waals surface area contributed by atoms with Crippen LogP contribution in [0.1, 0.15) is 127 Å². The molecular weight excluding hydrogens is 519 g/mol. The smallest absolute Gasteiger partial charge is 0.426 e. The van der Waals surface area contributed by atoms with Gasteiger partial charge in [-0.3, -0.25) is 0 Å². The highest BCUT2D eigenvalue weighted by atomic mass is 19.3. The molecule has 6 heteroatoms. The maximum atomic E-state index is 14.6. The molecule has 0 N–H and O–H groups in total. The molecule has 0 heterocycles. The molecule has 0 saturated heterocycles. The first-order valence-corrected chi connectivity index (χ1v) is 15.6. The van der Waals surface area contributed by atoms with Gasteiger partial charge in [0.05, 0.1) is 5.56 Å². The summed E-state index contributed by atoms with van der Waals surface area (Å²) in [6.45, 7) is 2.27. The molecule has 2 aromatic rings. The first kappa shape index (κ1) is 30.8. The van der Waals surface area contributed by atoms with Gasteiger partial charge in [0.25, 0.3) is 0 Å². The van der Waals surface area contributed by atoms with Gasteiger partial charge in [0.2, 0.25) is 0 Å². The number of rotatable bonds is 13. The number of halogens is 5. The van der Waals surface area contributed by atoms with Gasteiger partial charge in [-0.2, -0.15) is 8.78 Å². The van der Waals surface area contributed by atoms with Crippen molar-refractivity contribution >= 4 is 0 Å². The summed E-state index contributed by atoms with van der Waals surface area (Å²) >= 11 is 0. The van der Waals surface area contributed by atoms with Crippen LogP contribution in [0.4, 0.5) is 22.0 Å². The zero-order valence-electron chi connectivity index (χ0n) is 23.9. The molecule has 2 aliphatic carbocycles. The summed E-state index contributed by atoms with van der Waals surface area (Å²) in [4.78, 5) is 0. The van der Waals surface area contributed by atoms with Crippen LogP contribution in [-0.4, -0.2) is 0 Å². The number of alkyl halides is 2. The molecule has 0 spiro atoms. The third-order valence-electron chi connectivity index (χ3n) is 9.47. The van der Waals surface area contributed by atoms with Crippen LogP contribution < -0.4 is 4.74 Å². The SMILES string of the molecule is CCCCCCCCCC1CCC(C2CCC(c3ccc(C(F)(F)Oc4cc(F)c(F)c(F)c4)cc3)CC2)CC1. The first-order chi connectivity index (χ1) is 19.3. The fraction of sp³-hybridized carbons (Fsp3) is 0.647. The molecular formula is C34H45F5O. The molecule has 2 fully saturated rings. The van der Waals surface area contributed by atoms with Crippen molar-refractivity contribution in [3.63, 3.8) is 0 Å². The lowest BCUT2D eigenvalue weighted by molar-refractivity contribution is -0.185. The Labute approximate surface area is 236 Å². The van der Waals surface area contributed by atoms with Crippen molar-refractivity contribution in [3.05, 3.63) is 65.0 Å². The molecule has 0 bridgehead atoms. The summed E-state index contributed by atoms with van der Waals surface area (Å²) < 4.78 is 73.8. The standard InChI is InChI=1S/C34H45F5O/c1-2-3-4-5-6-7-8-9-24-10-12-25(13-11-24)26-14-16-27(17-15-26)28-18-20-29(21-19-28)34(38,39)40-30-22-31(35)33(37)32(36)23-30/h18-27H,2-17H2,1H3. The van der Waals surface area contributed by atoms with Gasteiger partial charge in [-0.15, -0.1) is 0 Å². The predicted molar refractivity (Wildman–Crippen MR) is 150 cm³/mol. The van der Waals surface area contributed by atoms with Crippen LogP contribution in [0.15, 0.2) is 36.4 Å². The molecule has 0 radical (unpaired) electrons. The van der Waals surface area contributed by atoms with Crippen LogP contribution >= 0.6 is 0 Å². The number of unbranched alkanes of at least 4 members (excludes halogenated alkanes) is 6. The van der Waals surface area contributed by atoms with Gasteiger partial charge < -0.3 is 4.74 Å². The number of ether oxygens (including phenoxy) is 1. The summed E-state index contributed by atoms with van der Waals surface area (Å²) in [5, 5.41) is 0. The van der Waals surface area contributed by atoms with E-state index >= 15 is 0 Å². The van der Waals surface area contributed by atoms with Crippen LogP contribution in [0.5, 0.6) is 5.75 Å². The van der Waals surface area contributed by atoms with Crippen molar-refractivity contribution < 1.29 is 26.7 Å². The van der Waals surface area contributed by atoms with E-state index in [2.05, 4.69) is 11.7 Å². The molecule has 0 aromatic heterocycles. The molecule has 0 amide bonds. The van der Waals surface area contributed by atoms with Gasteiger partial charge in [-0.05, 0) is 79.9 Å². The van der Waals surface area contributed by atoms with E-state index < -0.39 is 34.9 Å². The van der Waals surface area contributed by atoms with E-state index in [1.807, 2.05) is 0 Å². The average Bonchev–Trinajstić information content (AvgIpc) is 2.96. The third kappa shape index (κ3) is 8.45. The van der Waals surface area contributed by atoms with Crippen LogP contribution in [0, 0.1) is 35.2 Å². The lowest BCUT2D eigenvalue weighted by Gasteiger charge is -2.38. The predicted octanol–water partition coefficient (Wildman–Crippen LogP) is 11.5. The monoisotopic (exact) mass is 564 g/mol. The van der Waals surface area contributed by atoms with E-state index in [0.717, 1.165) is 36.2 Å². The normalized spacial score (nSPS) is 23.8. The van der Waals surface area contributed by atoms with Crippen LogP contribution in [0.3, 0.4) is 0 Å². The topological polar surface area (TPSA) is 9.23 Å². The minimum absolute atomic E-state index is 0.355. The molecule has 40 heavy (non-hydrogen) atoms.